The predicted molar refractivity (Wildman–Crippen MR) is 70.3 cm³/mol. The molecule has 1 amide bonds. The SMILES string of the molecule is CNC(=O)CCCS(=O)(=O)CC1(CC(=O)OC)CC1. The molecule has 19 heavy (non-hydrogen) atoms. The van der Waals surface area contributed by atoms with Crippen LogP contribution >= 0.6 is 0 Å². The molecule has 1 fully saturated rings. The number of hydrogen-bond donors (Lipinski definition) is 1. The predicted octanol–water partition coefficient (Wildman–Crippen LogP) is 0.271. The monoisotopic (exact) mass is 291 g/mol. The van der Waals surface area contributed by atoms with E-state index in [1.807, 2.05) is 0 Å². The number of ether oxygens (including phenoxy) is 1. The summed E-state index contributed by atoms with van der Waals surface area (Å²) < 4.78 is 28.5. The first kappa shape index (κ1) is 15.9. The van der Waals surface area contributed by atoms with Crippen LogP contribution in [-0.2, 0) is 24.2 Å². The largest absolute Gasteiger partial charge is 0.469 e. The first-order valence-corrected chi connectivity index (χ1v) is 8.12. The number of rotatable bonds is 8. The van der Waals surface area contributed by atoms with Gasteiger partial charge in [-0.15, -0.1) is 0 Å². The Balaban J connectivity index is 2.42. The Morgan fingerprint density at radius 2 is 1.95 bits per heavy atom. The number of amides is 1. The van der Waals surface area contributed by atoms with Crippen molar-refractivity contribution in [1.82, 2.24) is 5.32 Å². The van der Waals surface area contributed by atoms with E-state index in [4.69, 9.17) is 0 Å². The first-order valence-electron chi connectivity index (χ1n) is 6.30. The third-order valence-corrected chi connectivity index (χ3v) is 5.33. The van der Waals surface area contributed by atoms with Crippen molar-refractivity contribution in [2.75, 3.05) is 25.7 Å². The molecule has 0 atom stereocenters. The van der Waals surface area contributed by atoms with Gasteiger partial charge in [-0.2, -0.15) is 0 Å². The average Bonchev–Trinajstić information content (AvgIpc) is 3.06. The van der Waals surface area contributed by atoms with Gasteiger partial charge >= 0.3 is 5.97 Å². The van der Waals surface area contributed by atoms with Crippen molar-refractivity contribution in [3.05, 3.63) is 0 Å². The molecule has 0 aliphatic heterocycles. The van der Waals surface area contributed by atoms with E-state index in [2.05, 4.69) is 10.1 Å². The van der Waals surface area contributed by atoms with Crippen LogP contribution in [0.4, 0.5) is 0 Å². The molecular weight excluding hydrogens is 270 g/mol. The molecule has 0 unspecified atom stereocenters. The third-order valence-electron chi connectivity index (χ3n) is 3.37. The number of nitrogens with one attached hydrogen (secondary N) is 1. The van der Waals surface area contributed by atoms with Gasteiger partial charge < -0.3 is 10.1 Å². The van der Waals surface area contributed by atoms with Crippen molar-refractivity contribution < 1.29 is 22.7 Å². The second-order valence-corrected chi connectivity index (χ2v) is 7.31. The molecule has 6 nitrogen and oxygen atoms in total. The zero-order valence-corrected chi connectivity index (χ0v) is 12.2. The standard InChI is InChI=1S/C12H21NO5S/c1-13-10(14)4-3-7-19(16,17)9-12(5-6-12)8-11(15)18-2/h3-9H2,1-2H3,(H,13,14). The molecular formula is C12H21NO5S. The van der Waals surface area contributed by atoms with Crippen molar-refractivity contribution in [1.29, 1.82) is 0 Å². The summed E-state index contributed by atoms with van der Waals surface area (Å²) in [5, 5.41) is 2.45. The number of methoxy groups -OCH3 is 1. The normalized spacial score (nSPS) is 16.7. The molecule has 0 aromatic carbocycles. The van der Waals surface area contributed by atoms with E-state index in [1.54, 1.807) is 0 Å². The van der Waals surface area contributed by atoms with Crippen molar-refractivity contribution in [3.63, 3.8) is 0 Å². The Labute approximate surface area is 113 Å². The minimum atomic E-state index is -3.22. The first-order chi connectivity index (χ1) is 8.82. The summed E-state index contributed by atoms with van der Waals surface area (Å²) in [5.41, 5.74) is -0.418. The summed E-state index contributed by atoms with van der Waals surface area (Å²) in [7, 11) is -0.400. The number of carbonyl (C=O) groups excluding carboxylic acids is 2. The van der Waals surface area contributed by atoms with E-state index >= 15 is 0 Å². The van der Waals surface area contributed by atoms with Crippen LogP contribution in [0.25, 0.3) is 0 Å². The van der Waals surface area contributed by atoms with Gasteiger partial charge in [0.15, 0.2) is 9.84 Å². The van der Waals surface area contributed by atoms with Gasteiger partial charge in [-0.3, -0.25) is 9.59 Å². The van der Waals surface area contributed by atoms with Crippen LogP contribution in [-0.4, -0.2) is 46.0 Å². The van der Waals surface area contributed by atoms with E-state index in [9.17, 15) is 18.0 Å². The molecule has 7 heteroatoms. The Morgan fingerprint density at radius 3 is 2.42 bits per heavy atom. The number of sulfone groups is 1. The molecule has 0 saturated heterocycles. The lowest BCUT2D eigenvalue weighted by Gasteiger charge is -2.13. The lowest BCUT2D eigenvalue weighted by Crippen LogP contribution is -2.24. The lowest BCUT2D eigenvalue weighted by molar-refractivity contribution is -0.141. The second kappa shape index (κ2) is 6.36. The van der Waals surface area contributed by atoms with Crippen molar-refractivity contribution >= 4 is 21.7 Å². The summed E-state index contributed by atoms with van der Waals surface area (Å²) in [4.78, 5) is 22.2. The smallest absolute Gasteiger partial charge is 0.306 e. The van der Waals surface area contributed by atoms with E-state index in [1.165, 1.54) is 14.2 Å². The summed E-state index contributed by atoms with van der Waals surface area (Å²) in [6, 6.07) is 0. The fraction of sp³-hybridized carbons (Fsp3) is 0.833. The van der Waals surface area contributed by atoms with E-state index in [0.29, 0.717) is 6.42 Å². The number of esters is 1. The zero-order chi connectivity index (χ0) is 14.5. The number of carbonyl (C=O) groups is 2. The lowest BCUT2D eigenvalue weighted by atomic mass is 10.1. The molecule has 1 aliphatic rings. The number of hydrogen-bond acceptors (Lipinski definition) is 5. The van der Waals surface area contributed by atoms with Crippen molar-refractivity contribution in [2.45, 2.75) is 32.1 Å². The van der Waals surface area contributed by atoms with Gasteiger partial charge in [0.25, 0.3) is 0 Å². The van der Waals surface area contributed by atoms with E-state index in [-0.39, 0.29) is 36.2 Å². The van der Waals surface area contributed by atoms with Crippen molar-refractivity contribution in [3.8, 4) is 0 Å². The summed E-state index contributed by atoms with van der Waals surface area (Å²) in [6.07, 6.45) is 2.18. The molecule has 110 valence electrons. The quantitative estimate of drug-likeness (QED) is 0.648. The maximum Gasteiger partial charge on any atom is 0.306 e. The molecule has 0 aromatic heterocycles. The minimum Gasteiger partial charge on any atom is -0.469 e. The Kier molecular flexibility index (Phi) is 5.34. The third kappa shape index (κ3) is 5.59. The molecule has 0 bridgehead atoms. The Bertz CT molecular complexity index is 439. The Hall–Kier alpha value is -1.11. The fourth-order valence-corrected chi connectivity index (χ4v) is 4.10. The molecule has 1 rings (SSSR count). The highest BCUT2D eigenvalue weighted by Crippen LogP contribution is 2.50. The molecule has 0 radical (unpaired) electrons. The van der Waals surface area contributed by atoms with Crippen LogP contribution in [0, 0.1) is 5.41 Å². The topological polar surface area (TPSA) is 89.5 Å². The van der Waals surface area contributed by atoms with Crippen LogP contribution in [0.2, 0.25) is 0 Å². The van der Waals surface area contributed by atoms with Crippen LogP contribution in [0.3, 0.4) is 0 Å². The van der Waals surface area contributed by atoms with Crippen LogP contribution < -0.4 is 5.32 Å². The van der Waals surface area contributed by atoms with Gasteiger partial charge in [0.05, 0.1) is 25.0 Å². The van der Waals surface area contributed by atoms with Gasteiger partial charge in [0.2, 0.25) is 5.91 Å². The van der Waals surface area contributed by atoms with Crippen molar-refractivity contribution in [2.24, 2.45) is 5.41 Å². The molecule has 1 N–H and O–H groups in total. The second-order valence-electron chi connectivity index (χ2n) is 5.12. The fourth-order valence-electron chi connectivity index (χ4n) is 2.04. The highest BCUT2D eigenvalue weighted by atomic mass is 32.2. The van der Waals surface area contributed by atoms with Gasteiger partial charge in [-0.25, -0.2) is 8.42 Å². The highest BCUT2D eigenvalue weighted by Gasteiger charge is 2.47. The molecule has 1 saturated carbocycles. The van der Waals surface area contributed by atoms with E-state index < -0.39 is 15.3 Å². The maximum atomic E-state index is 11.9. The summed E-state index contributed by atoms with van der Waals surface area (Å²) in [6.45, 7) is 0. The highest BCUT2D eigenvalue weighted by molar-refractivity contribution is 7.91. The van der Waals surface area contributed by atoms with Gasteiger partial charge in [-0.05, 0) is 24.7 Å². The van der Waals surface area contributed by atoms with Gasteiger partial charge in [0, 0.05) is 13.5 Å². The zero-order valence-electron chi connectivity index (χ0n) is 11.4. The van der Waals surface area contributed by atoms with Crippen LogP contribution in [0.15, 0.2) is 0 Å². The van der Waals surface area contributed by atoms with Gasteiger partial charge in [0.1, 0.15) is 0 Å². The molecule has 1 aliphatic carbocycles. The minimum absolute atomic E-state index is 0.0106. The molecule has 0 aromatic rings. The van der Waals surface area contributed by atoms with Crippen LogP contribution in [0.1, 0.15) is 32.1 Å². The maximum absolute atomic E-state index is 11.9. The average molecular weight is 291 g/mol. The molecule has 0 spiro atoms. The van der Waals surface area contributed by atoms with Gasteiger partial charge in [-0.1, -0.05) is 0 Å². The summed E-state index contributed by atoms with van der Waals surface area (Å²) >= 11 is 0. The van der Waals surface area contributed by atoms with E-state index in [0.717, 1.165) is 12.8 Å². The summed E-state index contributed by atoms with van der Waals surface area (Å²) in [5.74, 6) is -0.518. The van der Waals surface area contributed by atoms with Crippen LogP contribution in [0.5, 0.6) is 0 Å². The Morgan fingerprint density at radius 1 is 1.32 bits per heavy atom. The molecule has 0 heterocycles.